The Labute approximate surface area is 185 Å². The number of fused-ring (bicyclic) bond motifs is 1. The van der Waals surface area contributed by atoms with E-state index >= 15 is 0 Å². The topological polar surface area (TPSA) is 102 Å². The molecule has 32 heavy (non-hydrogen) atoms. The zero-order chi connectivity index (χ0) is 22.3. The molecule has 1 aliphatic rings. The van der Waals surface area contributed by atoms with Gasteiger partial charge in [0, 0.05) is 44.5 Å². The summed E-state index contributed by atoms with van der Waals surface area (Å²) in [6, 6.07) is 10.8. The fraction of sp³-hybridized carbons (Fsp3) is 0.261. The number of hydrogen-bond acceptors (Lipinski definition) is 6. The van der Waals surface area contributed by atoms with Crippen molar-refractivity contribution in [2.75, 3.05) is 20.2 Å². The van der Waals surface area contributed by atoms with Crippen molar-refractivity contribution in [1.29, 1.82) is 0 Å². The molecule has 3 heterocycles. The Bertz CT molecular complexity index is 1130. The van der Waals surface area contributed by atoms with Gasteiger partial charge in [-0.1, -0.05) is 18.2 Å². The van der Waals surface area contributed by atoms with Crippen molar-refractivity contribution in [2.24, 2.45) is 0 Å². The summed E-state index contributed by atoms with van der Waals surface area (Å²) in [4.78, 5) is 31.0. The minimum absolute atomic E-state index is 0.0569. The highest BCUT2D eigenvalue weighted by atomic mass is 16.5. The number of amides is 2. The number of benzene rings is 1. The van der Waals surface area contributed by atoms with Gasteiger partial charge in [0.25, 0.3) is 5.91 Å². The molecule has 0 atom stereocenters. The van der Waals surface area contributed by atoms with E-state index in [4.69, 9.17) is 4.74 Å². The second-order valence-corrected chi connectivity index (χ2v) is 7.26. The van der Waals surface area contributed by atoms with Crippen LogP contribution in [0.1, 0.15) is 27.6 Å². The summed E-state index contributed by atoms with van der Waals surface area (Å²) in [5.41, 5.74) is 1.34. The molecule has 0 fully saturated rings. The molecule has 2 aromatic heterocycles. The minimum Gasteiger partial charge on any atom is -0.496 e. The van der Waals surface area contributed by atoms with Crippen LogP contribution in [0, 0.1) is 0 Å². The van der Waals surface area contributed by atoms with E-state index < -0.39 is 0 Å². The Morgan fingerprint density at radius 3 is 2.81 bits per heavy atom. The molecule has 0 radical (unpaired) electrons. The Hall–Kier alpha value is -4.01. The average Bonchev–Trinajstić information content (AvgIpc) is 3.10. The van der Waals surface area contributed by atoms with E-state index in [0.717, 1.165) is 11.4 Å². The quantitative estimate of drug-likeness (QED) is 0.595. The largest absolute Gasteiger partial charge is 0.496 e. The fourth-order valence-electron chi connectivity index (χ4n) is 3.57. The van der Waals surface area contributed by atoms with E-state index in [-0.39, 0.29) is 18.4 Å². The third kappa shape index (κ3) is 4.83. The lowest BCUT2D eigenvalue weighted by molar-refractivity contribution is -0.125. The molecule has 164 valence electrons. The number of pyridine rings is 1. The van der Waals surface area contributed by atoms with Crippen molar-refractivity contribution < 1.29 is 14.3 Å². The Morgan fingerprint density at radius 2 is 2.00 bits per heavy atom. The SMILES string of the molecule is COc1ccccc1C(=O)NCc1nnc2n1CCN(C(=O)/C=C/c1cccnc1)CC2. The monoisotopic (exact) mass is 432 g/mol. The van der Waals surface area contributed by atoms with Crippen LogP contribution in [0.25, 0.3) is 6.08 Å². The van der Waals surface area contributed by atoms with Crippen LogP contribution in [-0.4, -0.2) is 56.7 Å². The van der Waals surface area contributed by atoms with Crippen LogP contribution < -0.4 is 10.1 Å². The predicted octanol–water partition coefficient (Wildman–Crippen LogP) is 1.71. The maximum absolute atomic E-state index is 12.6. The average molecular weight is 432 g/mol. The highest BCUT2D eigenvalue weighted by molar-refractivity contribution is 5.96. The van der Waals surface area contributed by atoms with Crippen LogP contribution in [0.4, 0.5) is 0 Å². The number of rotatable bonds is 6. The lowest BCUT2D eigenvalue weighted by Crippen LogP contribution is -2.32. The number of aromatic nitrogens is 4. The Balaban J connectivity index is 1.37. The van der Waals surface area contributed by atoms with Crippen LogP contribution in [0.2, 0.25) is 0 Å². The normalized spacial score (nSPS) is 13.5. The summed E-state index contributed by atoms with van der Waals surface area (Å²) < 4.78 is 7.23. The molecule has 4 rings (SSSR count). The number of ether oxygens (including phenoxy) is 1. The number of para-hydroxylation sites is 1. The first-order valence-electron chi connectivity index (χ1n) is 10.3. The molecular weight excluding hydrogens is 408 g/mol. The van der Waals surface area contributed by atoms with E-state index in [0.29, 0.717) is 43.2 Å². The van der Waals surface area contributed by atoms with Gasteiger partial charge in [0.05, 0.1) is 19.2 Å². The number of carbonyl (C=O) groups is 2. The second-order valence-electron chi connectivity index (χ2n) is 7.26. The maximum atomic E-state index is 12.6. The van der Waals surface area contributed by atoms with E-state index in [9.17, 15) is 9.59 Å². The highest BCUT2D eigenvalue weighted by Crippen LogP contribution is 2.17. The number of hydrogen-bond donors (Lipinski definition) is 1. The summed E-state index contributed by atoms with van der Waals surface area (Å²) >= 11 is 0. The van der Waals surface area contributed by atoms with E-state index in [1.165, 1.54) is 7.11 Å². The molecule has 0 unspecified atom stereocenters. The van der Waals surface area contributed by atoms with E-state index in [2.05, 4.69) is 20.5 Å². The third-order valence-electron chi connectivity index (χ3n) is 5.28. The first kappa shape index (κ1) is 21.2. The van der Waals surface area contributed by atoms with Gasteiger partial charge in [-0.3, -0.25) is 14.6 Å². The van der Waals surface area contributed by atoms with Gasteiger partial charge in [-0.25, -0.2) is 0 Å². The van der Waals surface area contributed by atoms with E-state index in [1.54, 1.807) is 47.6 Å². The highest BCUT2D eigenvalue weighted by Gasteiger charge is 2.21. The predicted molar refractivity (Wildman–Crippen MR) is 118 cm³/mol. The molecule has 3 aromatic rings. The molecule has 0 saturated carbocycles. The van der Waals surface area contributed by atoms with Crippen LogP contribution in [0.5, 0.6) is 5.75 Å². The molecule has 0 spiro atoms. The van der Waals surface area contributed by atoms with Gasteiger partial charge < -0.3 is 19.5 Å². The lowest BCUT2D eigenvalue weighted by Gasteiger charge is -2.18. The van der Waals surface area contributed by atoms with Crippen molar-refractivity contribution in [3.63, 3.8) is 0 Å². The van der Waals surface area contributed by atoms with Gasteiger partial charge in [-0.15, -0.1) is 10.2 Å². The Kier molecular flexibility index (Phi) is 6.54. The van der Waals surface area contributed by atoms with Crippen molar-refractivity contribution in [2.45, 2.75) is 19.5 Å². The van der Waals surface area contributed by atoms with Crippen molar-refractivity contribution in [3.8, 4) is 5.75 Å². The fourth-order valence-corrected chi connectivity index (χ4v) is 3.57. The molecule has 2 amide bonds. The van der Waals surface area contributed by atoms with Crippen molar-refractivity contribution in [3.05, 3.63) is 77.6 Å². The smallest absolute Gasteiger partial charge is 0.255 e. The van der Waals surface area contributed by atoms with Crippen LogP contribution in [0.3, 0.4) is 0 Å². The van der Waals surface area contributed by atoms with Gasteiger partial charge >= 0.3 is 0 Å². The van der Waals surface area contributed by atoms with Crippen LogP contribution >= 0.6 is 0 Å². The summed E-state index contributed by atoms with van der Waals surface area (Å²) in [6.07, 6.45) is 7.33. The summed E-state index contributed by atoms with van der Waals surface area (Å²) in [5, 5.41) is 11.4. The van der Waals surface area contributed by atoms with Crippen LogP contribution in [0.15, 0.2) is 54.9 Å². The lowest BCUT2D eigenvalue weighted by atomic mass is 10.2. The molecule has 9 nitrogen and oxygen atoms in total. The zero-order valence-corrected chi connectivity index (χ0v) is 17.8. The van der Waals surface area contributed by atoms with Crippen molar-refractivity contribution in [1.82, 2.24) is 30.0 Å². The third-order valence-corrected chi connectivity index (χ3v) is 5.28. The molecule has 0 bridgehead atoms. The molecule has 0 saturated heterocycles. The molecule has 1 N–H and O–H groups in total. The molecule has 9 heteroatoms. The number of nitrogens with zero attached hydrogens (tertiary/aromatic N) is 5. The van der Waals surface area contributed by atoms with Gasteiger partial charge in [0.2, 0.25) is 5.91 Å². The number of carbonyl (C=O) groups excluding carboxylic acids is 2. The summed E-state index contributed by atoms with van der Waals surface area (Å²) in [6.45, 7) is 1.89. The van der Waals surface area contributed by atoms with Gasteiger partial charge in [-0.05, 0) is 29.8 Å². The maximum Gasteiger partial charge on any atom is 0.255 e. The number of nitrogens with one attached hydrogen (secondary N) is 1. The summed E-state index contributed by atoms with van der Waals surface area (Å²) in [7, 11) is 1.53. The summed E-state index contributed by atoms with van der Waals surface area (Å²) in [5.74, 6) is 1.67. The van der Waals surface area contributed by atoms with Gasteiger partial charge in [0.15, 0.2) is 5.82 Å². The zero-order valence-electron chi connectivity index (χ0n) is 17.8. The first-order chi connectivity index (χ1) is 15.7. The van der Waals surface area contributed by atoms with Crippen molar-refractivity contribution >= 4 is 17.9 Å². The second kappa shape index (κ2) is 9.86. The molecule has 0 aliphatic carbocycles. The first-order valence-corrected chi connectivity index (χ1v) is 10.3. The Morgan fingerprint density at radius 1 is 1.12 bits per heavy atom. The van der Waals surface area contributed by atoms with E-state index in [1.807, 2.05) is 22.8 Å². The standard InChI is InChI=1S/C23H24N6O3/c1-32-19-7-3-2-6-18(19)23(31)25-16-21-27-26-20-10-12-28(13-14-29(20)21)22(30)9-8-17-5-4-11-24-15-17/h2-9,11,15H,10,12-14,16H2,1H3,(H,25,31)/b9-8+. The molecule has 1 aromatic carbocycles. The van der Waals surface area contributed by atoms with Gasteiger partial charge in [0.1, 0.15) is 11.6 Å². The van der Waals surface area contributed by atoms with Crippen LogP contribution in [-0.2, 0) is 24.3 Å². The number of methoxy groups -OCH3 is 1. The minimum atomic E-state index is -0.245. The molecule has 1 aliphatic heterocycles. The molecular formula is C23H24N6O3. The van der Waals surface area contributed by atoms with Gasteiger partial charge in [-0.2, -0.15) is 0 Å².